The first kappa shape index (κ1) is 17.6. The average Bonchev–Trinajstić information content (AvgIpc) is 3.07. The molecule has 2 aromatic carbocycles. The zero-order valence-corrected chi connectivity index (χ0v) is 15.7. The Labute approximate surface area is 167 Å². The van der Waals surface area contributed by atoms with E-state index in [4.69, 9.17) is 10.7 Å². The lowest BCUT2D eigenvalue weighted by molar-refractivity contribution is 0.112. The molecule has 0 spiro atoms. The van der Waals surface area contributed by atoms with Gasteiger partial charge in [0.2, 0.25) is 0 Å². The minimum atomic E-state index is -0.411. The highest BCUT2D eigenvalue weighted by Crippen LogP contribution is 2.40. The first-order chi connectivity index (χ1) is 14.2. The Morgan fingerprint density at radius 2 is 1.97 bits per heavy atom. The number of nitrogen functional groups attached to an aromatic ring is 1. The topological polar surface area (TPSA) is 73.3 Å². The van der Waals surface area contributed by atoms with Crippen LogP contribution in [0.4, 0.5) is 10.2 Å². The second-order valence-electron chi connectivity index (χ2n) is 7.38. The minimum absolute atomic E-state index is 0.329. The third-order valence-corrected chi connectivity index (χ3v) is 5.70. The predicted octanol–water partition coefficient (Wildman–Crippen LogP) is 4.86. The summed E-state index contributed by atoms with van der Waals surface area (Å²) in [5.74, 6) is 1.19. The highest BCUT2D eigenvalue weighted by atomic mass is 19.1. The number of imidazole rings is 1. The van der Waals surface area contributed by atoms with Crippen molar-refractivity contribution in [2.75, 3.05) is 5.73 Å². The van der Waals surface area contributed by atoms with Gasteiger partial charge in [-0.3, -0.25) is 9.20 Å². The normalized spacial score (nSPS) is 14.1. The fraction of sp³-hybridized carbons (Fsp3) is 0.174. The Kier molecular flexibility index (Phi) is 4.12. The van der Waals surface area contributed by atoms with Crippen LogP contribution in [0, 0.1) is 5.82 Å². The number of carbonyl (C=O) groups is 1. The van der Waals surface area contributed by atoms with Gasteiger partial charge >= 0.3 is 0 Å². The lowest BCUT2D eigenvalue weighted by Gasteiger charge is -2.23. The maximum absolute atomic E-state index is 15.2. The molecule has 5 nitrogen and oxygen atoms in total. The van der Waals surface area contributed by atoms with Gasteiger partial charge in [0.25, 0.3) is 0 Å². The first-order valence-corrected chi connectivity index (χ1v) is 9.64. The van der Waals surface area contributed by atoms with E-state index in [9.17, 15) is 4.79 Å². The van der Waals surface area contributed by atoms with Gasteiger partial charge in [-0.15, -0.1) is 0 Å². The van der Waals surface area contributed by atoms with Crippen molar-refractivity contribution in [2.24, 2.45) is 0 Å². The number of benzene rings is 2. The summed E-state index contributed by atoms with van der Waals surface area (Å²) in [4.78, 5) is 20.3. The number of carbonyl (C=O) groups excluding carboxylic acids is 1. The second-order valence-corrected chi connectivity index (χ2v) is 7.38. The molecule has 2 N–H and O–H groups in total. The minimum Gasteiger partial charge on any atom is -0.382 e. The van der Waals surface area contributed by atoms with Crippen LogP contribution < -0.4 is 5.73 Å². The summed E-state index contributed by atoms with van der Waals surface area (Å²) >= 11 is 0. The van der Waals surface area contributed by atoms with Gasteiger partial charge < -0.3 is 5.73 Å². The standard InChI is InChI=1S/C23H19FN4O/c24-19-12-15(17-7-2-1-4-16(17)13-29)8-9-18(19)20-21-22(25)26-10-11-28(21)23(27-20)14-5-3-6-14/h1-2,4,7-14H,3,5-6H2,(H2,25,26). The van der Waals surface area contributed by atoms with Crippen LogP contribution in [0.25, 0.3) is 27.9 Å². The van der Waals surface area contributed by atoms with Gasteiger partial charge in [-0.1, -0.05) is 36.8 Å². The smallest absolute Gasteiger partial charge is 0.150 e. The van der Waals surface area contributed by atoms with E-state index in [0.717, 1.165) is 25.0 Å². The Morgan fingerprint density at radius 1 is 1.14 bits per heavy atom. The van der Waals surface area contributed by atoms with Crippen LogP contribution in [0.5, 0.6) is 0 Å². The molecular weight excluding hydrogens is 367 g/mol. The molecule has 0 atom stereocenters. The third kappa shape index (κ3) is 2.79. The first-order valence-electron chi connectivity index (χ1n) is 9.64. The fourth-order valence-corrected chi connectivity index (χ4v) is 3.97. The van der Waals surface area contributed by atoms with E-state index in [2.05, 4.69) is 4.98 Å². The maximum atomic E-state index is 15.2. The van der Waals surface area contributed by atoms with Gasteiger partial charge in [-0.2, -0.15) is 0 Å². The quantitative estimate of drug-likeness (QED) is 0.508. The predicted molar refractivity (Wildman–Crippen MR) is 110 cm³/mol. The SMILES string of the molecule is Nc1nccn2c(C3CCC3)nc(-c3ccc(-c4ccccc4C=O)cc3F)c12. The summed E-state index contributed by atoms with van der Waals surface area (Å²) in [5, 5.41) is 0. The molecular formula is C23H19FN4O. The molecule has 6 heteroatoms. The number of fused-ring (bicyclic) bond motifs is 1. The van der Waals surface area contributed by atoms with Gasteiger partial charge in [0.05, 0.1) is 0 Å². The van der Waals surface area contributed by atoms with E-state index in [0.29, 0.717) is 45.2 Å². The molecule has 0 unspecified atom stereocenters. The number of hydrogen-bond acceptors (Lipinski definition) is 4. The summed E-state index contributed by atoms with van der Waals surface area (Å²) in [6.07, 6.45) is 7.58. The van der Waals surface area contributed by atoms with Crippen molar-refractivity contribution < 1.29 is 9.18 Å². The highest BCUT2D eigenvalue weighted by molar-refractivity contribution is 5.89. The fourth-order valence-electron chi connectivity index (χ4n) is 3.97. The summed E-state index contributed by atoms with van der Waals surface area (Å²) in [6.45, 7) is 0. The van der Waals surface area contributed by atoms with Crippen LogP contribution in [-0.4, -0.2) is 20.7 Å². The molecule has 1 saturated carbocycles. The lowest BCUT2D eigenvalue weighted by Crippen LogP contribution is -2.12. The maximum Gasteiger partial charge on any atom is 0.150 e. The number of nitrogens with zero attached hydrogens (tertiary/aromatic N) is 3. The third-order valence-electron chi connectivity index (χ3n) is 5.70. The summed E-state index contributed by atoms with van der Waals surface area (Å²) < 4.78 is 17.2. The van der Waals surface area contributed by atoms with E-state index < -0.39 is 5.82 Å². The van der Waals surface area contributed by atoms with Gasteiger partial charge in [-0.25, -0.2) is 14.4 Å². The van der Waals surface area contributed by atoms with Crippen molar-refractivity contribution in [1.29, 1.82) is 0 Å². The number of nitrogens with two attached hydrogens (primary N) is 1. The number of anilines is 1. The van der Waals surface area contributed by atoms with Crippen molar-refractivity contribution in [2.45, 2.75) is 25.2 Å². The van der Waals surface area contributed by atoms with Gasteiger partial charge in [-0.05, 0) is 36.1 Å². The second kappa shape index (κ2) is 6.81. The molecule has 0 amide bonds. The number of aromatic nitrogens is 3. The van der Waals surface area contributed by atoms with Gasteiger partial charge in [0.15, 0.2) is 6.29 Å². The summed E-state index contributed by atoms with van der Waals surface area (Å²) in [7, 11) is 0. The molecule has 0 aliphatic heterocycles. The number of rotatable bonds is 4. The molecule has 1 fully saturated rings. The van der Waals surface area contributed by atoms with Crippen molar-refractivity contribution in [3.05, 3.63) is 72.1 Å². The molecule has 1 aliphatic carbocycles. The van der Waals surface area contributed by atoms with Crippen molar-refractivity contribution >= 4 is 17.6 Å². The van der Waals surface area contributed by atoms with Crippen LogP contribution in [0.3, 0.4) is 0 Å². The van der Waals surface area contributed by atoms with E-state index >= 15 is 4.39 Å². The van der Waals surface area contributed by atoms with Crippen LogP contribution in [-0.2, 0) is 0 Å². The van der Waals surface area contributed by atoms with E-state index in [1.54, 1.807) is 30.5 Å². The van der Waals surface area contributed by atoms with E-state index in [-0.39, 0.29) is 0 Å². The van der Waals surface area contributed by atoms with Crippen LogP contribution in [0.1, 0.15) is 41.4 Å². The number of aldehydes is 1. The molecule has 2 aromatic heterocycles. The summed E-state index contributed by atoms with van der Waals surface area (Å²) in [6, 6.07) is 12.1. The Balaban J connectivity index is 1.67. The van der Waals surface area contributed by atoms with Crippen molar-refractivity contribution in [1.82, 2.24) is 14.4 Å². The van der Waals surface area contributed by atoms with Crippen LogP contribution in [0.2, 0.25) is 0 Å². The Morgan fingerprint density at radius 3 is 2.69 bits per heavy atom. The molecule has 1 aliphatic rings. The molecule has 0 saturated heterocycles. The number of hydrogen-bond donors (Lipinski definition) is 1. The van der Waals surface area contributed by atoms with E-state index in [1.807, 2.05) is 22.7 Å². The molecule has 5 rings (SSSR count). The Hall–Kier alpha value is -3.54. The zero-order chi connectivity index (χ0) is 20.0. The number of halogens is 1. The van der Waals surface area contributed by atoms with Gasteiger partial charge in [0, 0.05) is 29.4 Å². The summed E-state index contributed by atoms with van der Waals surface area (Å²) in [5.41, 5.74) is 9.51. The van der Waals surface area contributed by atoms with Crippen molar-refractivity contribution in [3.8, 4) is 22.4 Å². The molecule has 144 valence electrons. The Bertz CT molecular complexity index is 1240. The van der Waals surface area contributed by atoms with Crippen LogP contribution >= 0.6 is 0 Å². The molecule has 0 radical (unpaired) electrons. The highest BCUT2D eigenvalue weighted by Gasteiger charge is 2.27. The van der Waals surface area contributed by atoms with E-state index in [1.165, 1.54) is 12.5 Å². The van der Waals surface area contributed by atoms with Gasteiger partial charge in [0.1, 0.15) is 28.7 Å². The molecule has 0 bridgehead atoms. The van der Waals surface area contributed by atoms with Crippen LogP contribution in [0.15, 0.2) is 54.9 Å². The average molecular weight is 386 g/mol. The molecule has 4 aromatic rings. The lowest BCUT2D eigenvalue weighted by atomic mass is 9.85. The molecule has 29 heavy (non-hydrogen) atoms. The zero-order valence-electron chi connectivity index (χ0n) is 15.7. The largest absolute Gasteiger partial charge is 0.382 e. The monoisotopic (exact) mass is 386 g/mol. The molecule has 2 heterocycles. The van der Waals surface area contributed by atoms with Crippen molar-refractivity contribution in [3.63, 3.8) is 0 Å².